The van der Waals surface area contributed by atoms with Gasteiger partial charge in [-0.3, -0.25) is 9.11 Å². The summed E-state index contributed by atoms with van der Waals surface area (Å²) in [6, 6.07) is 0. The Morgan fingerprint density at radius 1 is 0.488 bits per heavy atom. The fraction of sp³-hybridized carbons (Fsp3) is 1.00. The maximum Gasteiger partial charge on any atom is 0.394 e. The van der Waals surface area contributed by atoms with E-state index in [0.29, 0.717) is 0 Å². The van der Waals surface area contributed by atoms with Gasteiger partial charge in [0.1, 0.15) is 6.10 Å². The van der Waals surface area contributed by atoms with Crippen LogP contribution in [0.25, 0.3) is 0 Å². The fourth-order valence-electron chi connectivity index (χ4n) is 5.58. The van der Waals surface area contributed by atoms with Gasteiger partial charge < -0.3 is 14.9 Å². The minimum absolute atomic E-state index is 0.192. The molecule has 2 atom stereocenters. The molecule has 0 aliphatic carbocycles. The monoisotopic (exact) mass is 639 g/mol. The Balaban J connectivity index is 0. The lowest BCUT2D eigenvalue weighted by atomic mass is 10.0. The zero-order chi connectivity index (χ0) is 32.3. The molecule has 262 valence electrons. The Morgan fingerprint density at radius 3 is 1.02 bits per heavy atom. The third kappa shape index (κ3) is 43.9. The third-order valence-electron chi connectivity index (χ3n) is 8.29. The van der Waals surface area contributed by atoms with Crippen LogP contribution in [0.3, 0.4) is 0 Å². The smallest absolute Gasteiger partial charge is 0.394 e. The van der Waals surface area contributed by atoms with Crippen molar-refractivity contribution in [2.24, 2.45) is 0 Å². The molecule has 0 amide bonds. The SMILES string of the molecule is CCCCCCCCCCCCCCCCOC(CCCCCCCCCCCCCCCC)C(O)CO.O=S(=O)(O)O. The Bertz CT molecular complexity index is 607. The lowest BCUT2D eigenvalue weighted by Crippen LogP contribution is -2.32. The van der Waals surface area contributed by atoms with Crippen LogP contribution in [0.4, 0.5) is 0 Å². The molecule has 0 saturated carbocycles. The standard InChI is InChI=1S/C35H72O3.H2O4S/c1-3-5-7-9-11-13-15-17-19-21-23-25-27-29-31-35(34(37)33-36)38-32-30-28-26-24-22-20-18-16-14-12-10-8-6-4-2;1-5(2,3)4/h34-37H,3-33H2,1-2H3;(H2,1,2,3,4). The highest BCUT2D eigenvalue weighted by atomic mass is 32.3. The van der Waals surface area contributed by atoms with Gasteiger partial charge in [0.05, 0.1) is 12.7 Å². The van der Waals surface area contributed by atoms with Gasteiger partial charge in [-0.1, -0.05) is 187 Å². The van der Waals surface area contributed by atoms with E-state index in [0.717, 1.165) is 25.9 Å². The van der Waals surface area contributed by atoms with Crippen molar-refractivity contribution in [3.8, 4) is 0 Å². The molecule has 2 unspecified atom stereocenters. The number of rotatable bonds is 33. The van der Waals surface area contributed by atoms with E-state index in [9.17, 15) is 10.2 Å². The number of ether oxygens (including phenoxy) is 1. The second kappa shape index (κ2) is 36.2. The van der Waals surface area contributed by atoms with Crippen LogP contribution in [-0.4, -0.2) is 53.2 Å². The molecular weight excluding hydrogens is 564 g/mol. The molecule has 0 spiro atoms. The number of unbranched alkanes of at least 4 members (excludes halogenated alkanes) is 26. The molecule has 0 aromatic rings. The van der Waals surface area contributed by atoms with Gasteiger partial charge in [-0.2, -0.15) is 8.42 Å². The van der Waals surface area contributed by atoms with E-state index >= 15 is 0 Å². The normalized spacial score (nSPS) is 13.1. The quantitative estimate of drug-likeness (QED) is 0.0416. The van der Waals surface area contributed by atoms with Gasteiger partial charge in [0.2, 0.25) is 0 Å². The summed E-state index contributed by atoms with van der Waals surface area (Å²) in [5.74, 6) is 0. The summed E-state index contributed by atoms with van der Waals surface area (Å²) in [6.45, 7) is 5.10. The lowest BCUT2D eigenvalue weighted by Gasteiger charge is -2.22. The Hall–Kier alpha value is -0.250. The molecule has 0 bridgehead atoms. The van der Waals surface area contributed by atoms with E-state index in [1.165, 1.54) is 167 Å². The average Bonchev–Trinajstić information content (AvgIpc) is 2.97. The summed E-state index contributed by atoms with van der Waals surface area (Å²) >= 11 is 0. The van der Waals surface area contributed by atoms with E-state index in [-0.39, 0.29) is 12.7 Å². The average molecular weight is 639 g/mol. The summed E-state index contributed by atoms with van der Waals surface area (Å²) in [6.07, 6.45) is 38.0. The largest absolute Gasteiger partial charge is 0.394 e. The van der Waals surface area contributed by atoms with Gasteiger partial charge >= 0.3 is 10.4 Å². The summed E-state index contributed by atoms with van der Waals surface area (Å²) in [5, 5.41) is 19.6. The molecule has 8 heteroatoms. The minimum Gasteiger partial charge on any atom is -0.394 e. The maximum atomic E-state index is 10.2. The first-order valence-electron chi connectivity index (χ1n) is 18.4. The summed E-state index contributed by atoms with van der Waals surface area (Å²) in [5.41, 5.74) is 0. The highest BCUT2D eigenvalue weighted by Crippen LogP contribution is 2.17. The van der Waals surface area contributed by atoms with E-state index in [4.69, 9.17) is 22.3 Å². The molecule has 0 aliphatic rings. The first-order valence-corrected chi connectivity index (χ1v) is 19.8. The van der Waals surface area contributed by atoms with Gasteiger partial charge in [-0.15, -0.1) is 0 Å². The highest BCUT2D eigenvalue weighted by molar-refractivity contribution is 7.79. The van der Waals surface area contributed by atoms with Gasteiger partial charge in [-0.05, 0) is 12.8 Å². The van der Waals surface area contributed by atoms with Gasteiger partial charge in [-0.25, -0.2) is 0 Å². The van der Waals surface area contributed by atoms with Crippen LogP contribution in [0.1, 0.15) is 200 Å². The summed E-state index contributed by atoms with van der Waals surface area (Å²) in [4.78, 5) is 0. The fourth-order valence-corrected chi connectivity index (χ4v) is 5.58. The number of hydrogen-bond acceptors (Lipinski definition) is 5. The van der Waals surface area contributed by atoms with Crippen LogP contribution in [0.2, 0.25) is 0 Å². The van der Waals surface area contributed by atoms with Crippen molar-refractivity contribution in [3.05, 3.63) is 0 Å². The van der Waals surface area contributed by atoms with Gasteiger partial charge in [0.15, 0.2) is 0 Å². The molecule has 7 nitrogen and oxygen atoms in total. The molecule has 43 heavy (non-hydrogen) atoms. The molecule has 0 aliphatic heterocycles. The Morgan fingerprint density at radius 2 is 0.744 bits per heavy atom. The first kappa shape index (κ1) is 44.9. The van der Waals surface area contributed by atoms with Crippen LogP contribution in [0, 0.1) is 0 Å². The van der Waals surface area contributed by atoms with Crippen molar-refractivity contribution in [3.63, 3.8) is 0 Å². The second-order valence-corrected chi connectivity index (χ2v) is 13.5. The van der Waals surface area contributed by atoms with Crippen LogP contribution in [0.5, 0.6) is 0 Å². The van der Waals surface area contributed by atoms with Crippen LogP contribution in [0.15, 0.2) is 0 Å². The summed E-state index contributed by atoms with van der Waals surface area (Å²) in [7, 11) is -4.67. The van der Waals surface area contributed by atoms with Crippen molar-refractivity contribution in [1.82, 2.24) is 0 Å². The predicted octanol–water partition coefficient (Wildman–Crippen LogP) is 10.4. The molecule has 0 aromatic heterocycles. The zero-order valence-electron chi connectivity index (χ0n) is 28.5. The van der Waals surface area contributed by atoms with E-state index in [2.05, 4.69) is 13.8 Å². The molecule has 0 fully saturated rings. The minimum atomic E-state index is -4.67. The molecule has 0 aromatic carbocycles. The summed E-state index contributed by atoms with van der Waals surface area (Å²) < 4.78 is 37.6. The van der Waals surface area contributed by atoms with Crippen molar-refractivity contribution in [2.45, 2.75) is 212 Å². The molecule has 4 N–H and O–H groups in total. The van der Waals surface area contributed by atoms with Crippen molar-refractivity contribution in [1.29, 1.82) is 0 Å². The number of aliphatic hydroxyl groups excluding tert-OH is 2. The highest BCUT2D eigenvalue weighted by Gasteiger charge is 2.18. The molecule has 0 radical (unpaired) electrons. The van der Waals surface area contributed by atoms with Gasteiger partial charge in [0, 0.05) is 6.61 Å². The maximum absolute atomic E-state index is 10.2. The first-order chi connectivity index (χ1) is 20.8. The lowest BCUT2D eigenvalue weighted by molar-refractivity contribution is -0.0629. The Kier molecular flexibility index (Phi) is 37.8. The molecular formula is C35H74O7S. The molecule has 0 saturated heterocycles. The van der Waals surface area contributed by atoms with Crippen molar-refractivity contribution >= 4 is 10.4 Å². The number of aliphatic hydroxyl groups is 2. The van der Waals surface area contributed by atoms with Crippen LogP contribution < -0.4 is 0 Å². The van der Waals surface area contributed by atoms with Crippen LogP contribution in [-0.2, 0) is 15.1 Å². The third-order valence-corrected chi connectivity index (χ3v) is 8.29. The Labute approximate surface area is 267 Å². The molecule has 0 heterocycles. The van der Waals surface area contributed by atoms with Crippen LogP contribution >= 0.6 is 0 Å². The molecule has 0 rings (SSSR count). The van der Waals surface area contributed by atoms with Crippen molar-refractivity contribution in [2.75, 3.05) is 13.2 Å². The zero-order valence-corrected chi connectivity index (χ0v) is 29.3. The van der Waals surface area contributed by atoms with E-state index in [1.54, 1.807) is 0 Å². The van der Waals surface area contributed by atoms with E-state index in [1.807, 2.05) is 0 Å². The van der Waals surface area contributed by atoms with Gasteiger partial charge in [0.25, 0.3) is 0 Å². The van der Waals surface area contributed by atoms with E-state index < -0.39 is 16.5 Å². The van der Waals surface area contributed by atoms with Crippen molar-refractivity contribution < 1.29 is 32.5 Å². The second-order valence-electron chi connectivity index (χ2n) is 12.6. The predicted molar refractivity (Wildman–Crippen MR) is 182 cm³/mol. The topological polar surface area (TPSA) is 124 Å². The number of hydrogen-bond donors (Lipinski definition) is 4.